The molecule has 0 radical (unpaired) electrons. The Morgan fingerprint density at radius 3 is 2.72 bits per heavy atom. The molecule has 5 heteroatoms. The number of hydrogen-bond donors (Lipinski definition) is 1. The zero-order valence-electron chi connectivity index (χ0n) is 9.62. The molecule has 0 amide bonds. The van der Waals surface area contributed by atoms with E-state index in [0.717, 1.165) is 6.20 Å². The van der Waals surface area contributed by atoms with Crippen LogP contribution < -0.4 is 5.32 Å². The molecule has 0 saturated heterocycles. The minimum absolute atomic E-state index is 0.249. The number of pyridine rings is 1. The Morgan fingerprint density at radius 1 is 1.28 bits per heavy atom. The summed E-state index contributed by atoms with van der Waals surface area (Å²) in [7, 11) is 0. The maximum Gasteiger partial charge on any atom is 0.147 e. The minimum atomic E-state index is -0.409. The summed E-state index contributed by atoms with van der Waals surface area (Å²) in [4.78, 5) is 3.77. The van der Waals surface area contributed by atoms with Gasteiger partial charge in [-0.25, -0.2) is 8.78 Å². The molecule has 2 rings (SSSR count). The number of hydrogen-bond acceptors (Lipinski definition) is 2. The molecule has 0 spiro atoms. The normalized spacial score (nSPS) is 12.2. The van der Waals surface area contributed by atoms with Crippen LogP contribution in [0.4, 0.5) is 14.5 Å². The van der Waals surface area contributed by atoms with E-state index >= 15 is 0 Å². The van der Waals surface area contributed by atoms with E-state index in [1.165, 1.54) is 12.1 Å². The molecule has 0 saturated carbocycles. The molecule has 2 nitrogen and oxygen atoms in total. The van der Waals surface area contributed by atoms with Crippen molar-refractivity contribution in [1.29, 1.82) is 0 Å². The molecule has 0 fully saturated rings. The summed E-state index contributed by atoms with van der Waals surface area (Å²) in [6.45, 7) is 1.81. The van der Waals surface area contributed by atoms with Crippen LogP contribution in [-0.2, 0) is 0 Å². The number of anilines is 1. The van der Waals surface area contributed by atoms with Crippen LogP contribution in [0.15, 0.2) is 41.1 Å². The first-order valence-corrected chi connectivity index (χ1v) is 6.18. The number of rotatable bonds is 3. The van der Waals surface area contributed by atoms with Gasteiger partial charge in [-0.2, -0.15) is 0 Å². The summed E-state index contributed by atoms with van der Waals surface area (Å²) in [5.41, 5.74) is 1.01. The number of halogens is 3. The largest absolute Gasteiger partial charge is 0.375 e. The van der Waals surface area contributed by atoms with Crippen LogP contribution in [0.3, 0.4) is 0 Å². The van der Waals surface area contributed by atoms with Crippen molar-refractivity contribution in [3.05, 3.63) is 58.3 Å². The molecule has 0 aliphatic carbocycles. The van der Waals surface area contributed by atoms with Gasteiger partial charge in [-0.05, 0) is 46.6 Å². The van der Waals surface area contributed by atoms with Crippen molar-refractivity contribution in [2.75, 3.05) is 5.32 Å². The summed E-state index contributed by atoms with van der Waals surface area (Å²) >= 11 is 3.27. The van der Waals surface area contributed by atoms with E-state index in [1.807, 2.05) is 6.92 Å². The molecule has 2 aromatic rings. The van der Waals surface area contributed by atoms with Gasteiger partial charge in [0.25, 0.3) is 0 Å². The van der Waals surface area contributed by atoms with Gasteiger partial charge in [-0.1, -0.05) is 6.07 Å². The molecular weight excluding hydrogens is 302 g/mol. The number of nitrogens with one attached hydrogen (secondary N) is 1. The van der Waals surface area contributed by atoms with Gasteiger partial charge in [-0.3, -0.25) is 4.98 Å². The molecule has 1 aromatic carbocycles. The van der Waals surface area contributed by atoms with Gasteiger partial charge in [0.15, 0.2) is 0 Å². The van der Waals surface area contributed by atoms with Crippen LogP contribution in [0.5, 0.6) is 0 Å². The van der Waals surface area contributed by atoms with E-state index < -0.39 is 5.82 Å². The predicted octanol–water partition coefficient (Wildman–Crippen LogP) is 4.30. The van der Waals surface area contributed by atoms with Gasteiger partial charge >= 0.3 is 0 Å². The van der Waals surface area contributed by atoms with E-state index in [-0.39, 0.29) is 11.9 Å². The lowest BCUT2D eigenvalue weighted by atomic mass is 10.1. The van der Waals surface area contributed by atoms with Crippen molar-refractivity contribution in [1.82, 2.24) is 4.98 Å². The fraction of sp³-hybridized carbons (Fsp3) is 0.154. The highest BCUT2D eigenvalue weighted by atomic mass is 79.9. The molecule has 0 aliphatic rings. The first kappa shape index (κ1) is 13.0. The van der Waals surface area contributed by atoms with Crippen molar-refractivity contribution in [2.45, 2.75) is 13.0 Å². The molecule has 1 heterocycles. The van der Waals surface area contributed by atoms with Gasteiger partial charge in [0.05, 0.1) is 17.9 Å². The van der Waals surface area contributed by atoms with Crippen molar-refractivity contribution in [2.24, 2.45) is 0 Å². The first-order chi connectivity index (χ1) is 8.58. The topological polar surface area (TPSA) is 24.9 Å². The maximum absolute atomic E-state index is 13.6. The van der Waals surface area contributed by atoms with Crippen molar-refractivity contribution in [3.8, 4) is 0 Å². The zero-order valence-corrected chi connectivity index (χ0v) is 11.2. The quantitative estimate of drug-likeness (QED) is 0.914. The van der Waals surface area contributed by atoms with Crippen molar-refractivity contribution in [3.63, 3.8) is 0 Å². The van der Waals surface area contributed by atoms with Crippen LogP contribution in [0.2, 0.25) is 0 Å². The summed E-state index contributed by atoms with van der Waals surface area (Å²) in [6.07, 6.45) is 2.69. The maximum atomic E-state index is 13.6. The van der Waals surface area contributed by atoms with Gasteiger partial charge in [0, 0.05) is 10.7 Å². The molecule has 94 valence electrons. The summed E-state index contributed by atoms with van der Waals surface area (Å²) in [5.74, 6) is -0.769. The molecule has 1 N–H and O–H groups in total. The third-order valence-electron chi connectivity index (χ3n) is 2.55. The van der Waals surface area contributed by atoms with Crippen LogP contribution in [0, 0.1) is 11.6 Å². The molecule has 1 aromatic heterocycles. The molecule has 0 bridgehead atoms. The third-order valence-corrected chi connectivity index (χ3v) is 3.21. The minimum Gasteiger partial charge on any atom is -0.375 e. The second-order valence-corrected chi connectivity index (χ2v) is 4.75. The fourth-order valence-corrected chi connectivity index (χ4v) is 2.06. The summed E-state index contributed by atoms with van der Waals surface area (Å²) < 4.78 is 27.3. The number of aromatic nitrogens is 1. The van der Waals surface area contributed by atoms with Gasteiger partial charge < -0.3 is 5.32 Å². The first-order valence-electron chi connectivity index (χ1n) is 5.39. The molecule has 18 heavy (non-hydrogen) atoms. The highest BCUT2D eigenvalue weighted by Gasteiger charge is 2.12. The van der Waals surface area contributed by atoms with Crippen LogP contribution in [-0.4, -0.2) is 4.98 Å². The van der Waals surface area contributed by atoms with Gasteiger partial charge in [0.1, 0.15) is 11.6 Å². The SMILES string of the molecule is CC(Nc1c(F)cccc1Br)c1cncc(F)c1. The Hall–Kier alpha value is -1.49. The van der Waals surface area contributed by atoms with E-state index in [4.69, 9.17) is 0 Å². The van der Waals surface area contributed by atoms with Crippen molar-refractivity contribution < 1.29 is 8.78 Å². The number of nitrogens with zero attached hydrogens (tertiary/aromatic N) is 1. The van der Waals surface area contributed by atoms with Gasteiger partial charge in [-0.15, -0.1) is 0 Å². The third kappa shape index (κ3) is 2.85. The Morgan fingerprint density at radius 2 is 2.06 bits per heavy atom. The lowest BCUT2D eigenvalue weighted by Crippen LogP contribution is -2.09. The molecule has 0 aliphatic heterocycles. The summed E-state index contributed by atoms with van der Waals surface area (Å²) in [5, 5.41) is 2.99. The van der Waals surface area contributed by atoms with Crippen molar-refractivity contribution >= 4 is 21.6 Å². The summed E-state index contributed by atoms with van der Waals surface area (Å²) in [6, 6.07) is 5.84. The second kappa shape index (κ2) is 5.44. The van der Waals surface area contributed by atoms with Crippen LogP contribution in [0.25, 0.3) is 0 Å². The molecule has 1 unspecified atom stereocenters. The van der Waals surface area contributed by atoms with E-state index in [2.05, 4.69) is 26.2 Å². The van der Waals surface area contributed by atoms with E-state index in [9.17, 15) is 8.78 Å². The second-order valence-electron chi connectivity index (χ2n) is 3.90. The van der Waals surface area contributed by atoms with Crippen LogP contribution in [0.1, 0.15) is 18.5 Å². The highest BCUT2D eigenvalue weighted by Crippen LogP contribution is 2.28. The molecule has 1 atom stereocenters. The Bertz CT molecular complexity index is 540. The lowest BCUT2D eigenvalue weighted by molar-refractivity contribution is 0.614. The predicted molar refractivity (Wildman–Crippen MR) is 70.3 cm³/mol. The Kier molecular flexibility index (Phi) is 3.91. The van der Waals surface area contributed by atoms with E-state index in [0.29, 0.717) is 15.7 Å². The number of para-hydroxylation sites is 1. The van der Waals surface area contributed by atoms with Crippen LogP contribution >= 0.6 is 15.9 Å². The zero-order chi connectivity index (χ0) is 13.1. The Balaban J connectivity index is 2.24. The lowest BCUT2D eigenvalue weighted by Gasteiger charge is -2.17. The monoisotopic (exact) mass is 312 g/mol. The van der Waals surface area contributed by atoms with E-state index in [1.54, 1.807) is 18.3 Å². The fourth-order valence-electron chi connectivity index (χ4n) is 1.60. The molecular formula is C13H11BrF2N2. The average molecular weight is 313 g/mol. The smallest absolute Gasteiger partial charge is 0.147 e. The Labute approximate surface area is 112 Å². The average Bonchev–Trinajstić information content (AvgIpc) is 2.34. The highest BCUT2D eigenvalue weighted by molar-refractivity contribution is 9.10. The standard InChI is InChI=1S/C13H11BrF2N2/c1-8(9-5-10(15)7-17-6-9)18-13-11(14)3-2-4-12(13)16/h2-8,18H,1H3. The van der Waals surface area contributed by atoms with Gasteiger partial charge in [0.2, 0.25) is 0 Å². The number of benzene rings is 1.